The number of fused-ring (bicyclic) bond motifs is 1. The van der Waals surface area contributed by atoms with Gasteiger partial charge in [0.05, 0.1) is 16.2 Å². The average molecular weight is 596 g/mol. The minimum Gasteiger partial charge on any atom is -0.354 e. The second-order valence-electron chi connectivity index (χ2n) is 10.2. The lowest BCUT2D eigenvalue weighted by Crippen LogP contribution is -2.39. The van der Waals surface area contributed by atoms with E-state index in [4.69, 9.17) is 16.6 Å². The molecule has 0 saturated heterocycles. The van der Waals surface area contributed by atoms with E-state index in [9.17, 15) is 13.2 Å². The molecule has 214 valence electrons. The van der Waals surface area contributed by atoms with Gasteiger partial charge in [-0.2, -0.15) is 0 Å². The van der Waals surface area contributed by atoms with Gasteiger partial charge in [-0.1, -0.05) is 36.7 Å². The van der Waals surface area contributed by atoms with Gasteiger partial charge in [0, 0.05) is 30.6 Å². The summed E-state index contributed by atoms with van der Waals surface area (Å²) in [6.07, 6.45) is 6.12. The van der Waals surface area contributed by atoms with Crippen LogP contribution in [0.5, 0.6) is 0 Å². The van der Waals surface area contributed by atoms with Gasteiger partial charge in [0.25, 0.3) is 10.0 Å². The maximum atomic E-state index is 15.1. The second-order valence-corrected chi connectivity index (χ2v) is 12.3. The van der Waals surface area contributed by atoms with Gasteiger partial charge >= 0.3 is 0 Å². The Morgan fingerprint density at radius 3 is 2.44 bits per heavy atom. The van der Waals surface area contributed by atoms with Crippen LogP contribution in [0.1, 0.15) is 45.1 Å². The van der Waals surface area contributed by atoms with E-state index in [0.29, 0.717) is 17.9 Å². The van der Waals surface area contributed by atoms with Gasteiger partial charge in [-0.25, -0.2) is 22.8 Å². The van der Waals surface area contributed by atoms with Crippen molar-refractivity contribution >= 4 is 50.1 Å². The van der Waals surface area contributed by atoms with Gasteiger partial charge in [-0.05, 0) is 85.2 Å². The van der Waals surface area contributed by atoms with Crippen LogP contribution in [0.15, 0.2) is 65.7 Å². The SMILES string of the molecule is CCc1cc(-c2ccc(NS(=O)(=O)c3ccccc3Cl)c(F)c2)cc2cnc(NC3CCC(NC(C)=O)CC3)nc12. The Morgan fingerprint density at radius 2 is 1.76 bits per heavy atom. The van der Waals surface area contributed by atoms with Crippen molar-refractivity contribution in [3.63, 3.8) is 0 Å². The summed E-state index contributed by atoms with van der Waals surface area (Å²) in [6, 6.07) is 14.7. The number of hydrogen-bond donors (Lipinski definition) is 3. The Labute approximate surface area is 243 Å². The van der Waals surface area contributed by atoms with Crippen LogP contribution in [0.2, 0.25) is 5.02 Å². The largest absolute Gasteiger partial charge is 0.354 e. The Balaban J connectivity index is 1.35. The highest BCUT2D eigenvalue weighted by Crippen LogP contribution is 2.31. The van der Waals surface area contributed by atoms with Crippen LogP contribution >= 0.6 is 11.6 Å². The van der Waals surface area contributed by atoms with Crippen LogP contribution in [0.3, 0.4) is 0 Å². The topological polar surface area (TPSA) is 113 Å². The molecule has 0 spiro atoms. The fraction of sp³-hybridized carbons (Fsp3) is 0.300. The van der Waals surface area contributed by atoms with Gasteiger partial charge in [0.1, 0.15) is 10.7 Å². The van der Waals surface area contributed by atoms with E-state index in [0.717, 1.165) is 47.7 Å². The lowest BCUT2D eigenvalue weighted by Gasteiger charge is -2.29. The lowest BCUT2D eigenvalue weighted by atomic mass is 9.91. The first-order chi connectivity index (χ1) is 19.6. The van der Waals surface area contributed by atoms with Crippen LogP contribution in [-0.2, 0) is 21.2 Å². The first-order valence-corrected chi connectivity index (χ1v) is 15.4. The minimum atomic E-state index is -4.07. The summed E-state index contributed by atoms with van der Waals surface area (Å²) in [5.41, 5.74) is 3.01. The zero-order valence-corrected chi connectivity index (χ0v) is 24.3. The number of hydrogen-bond acceptors (Lipinski definition) is 6. The Kier molecular flexibility index (Phi) is 8.42. The second kappa shape index (κ2) is 12.0. The van der Waals surface area contributed by atoms with E-state index >= 15 is 4.39 Å². The summed E-state index contributed by atoms with van der Waals surface area (Å²) in [6.45, 7) is 3.58. The van der Waals surface area contributed by atoms with Crippen LogP contribution in [0.4, 0.5) is 16.0 Å². The number of nitrogens with one attached hydrogen (secondary N) is 3. The number of sulfonamides is 1. The highest BCUT2D eigenvalue weighted by molar-refractivity contribution is 7.92. The molecule has 1 aliphatic rings. The molecular weight excluding hydrogens is 565 g/mol. The van der Waals surface area contributed by atoms with Crippen molar-refractivity contribution in [3.8, 4) is 11.1 Å². The molecule has 11 heteroatoms. The molecule has 0 aliphatic heterocycles. The first-order valence-electron chi connectivity index (χ1n) is 13.5. The Morgan fingerprint density at radius 1 is 1.02 bits per heavy atom. The summed E-state index contributed by atoms with van der Waals surface area (Å²) in [5.74, 6) is -0.146. The molecule has 8 nitrogen and oxygen atoms in total. The third-order valence-electron chi connectivity index (χ3n) is 7.28. The van der Waals surface area contributed by atoms with Gasteiger partial charge < -0.3 is 10.6 Å². The number of carbonyl (C=O) groups excluding carboxylic acids is 1. The number of nitrogens with zero attached hydrogens (tertiary/aromatic N) is 2. The van der Waals surface area contributed by atoms with Gasteiger partial charge in [-0.3, -0.25) is 9.52 Å². The molecular formula is C30H31ClFN5O3S. The van der Waals surface area contributed by atoms with Crippen molar-refractivity contribution < 1.29 is 17.6 Å². The highest BCUT2D eigenvalue weighted by Gasteiger charge is 2.23. The molecule has 0 atom stereocenters. The summed E-state index contributed by atoms with van der Waals surface area (Å²) in [5, 5.41) is 7.31. The normalized spacial score (nSPS) is 17.3. The predicted octanol–water partition coefficient (Wildman–Crippen LogP) is 6.31. The summed E-state index contributed by atoms with van der Waals surface area (Å²) < 4.78 is 43.0. The number of halogens is 2. The molecule has 1 aliphatic carbocycles. The Bertz CT molecular complexity index is 1710. The minimum absolute atomic E-state index is 0.00227. The van der Waals surface area contributed by atoms with E-state index in [1.54, 1.807) is 31.3 Å². The average Bonchev–Trinajstić information content (AvgIpc) is 2.94. The third-order valence-corrected chi connectivity index (χ3v) is 9.15. The maximum Gasteiger partial charge on any atom is 0.263 e. The van der Waals surface area contributed by atoms with Crippen molar-refractivity contribution in [2.75, 3.05) is 10.0 Å². The fourth-order valence-electron chi connectivity index (χ4n) is 5.22. The van der Waals surface area contributed by atoms with Crippen molar-refractivity contribution in [3.05, 3.63) is 77.2 Å². The number of benzene rings is 3. The molecule has 0 radical (unpaired) electrons. The molecule has 1 fully saturated rings. The van der Waals surface area contributed by atoms with Crippen molar-refractivity contribution in [2.24, 2.45) is 0 Å². The third kappa shape index (κ3) is 6.60. The number of carbonyl (C=O) groups is 1. The van der Waals surface area contributed by atoms with E-state index < -0.39 is 15.8 Å². The monoisotopic (exact) mass is 595 g/mol. The molecule has 5 rings (SSSR count). The molecule has 1 amide bonds. The first kappa shape index (κ1) is 28.8. The fourth-order valence-corrected chi connectivity index (χ4v) is 6.80. The predicted molar refractivity (Wildman–Crippen MR) is 160 cm³/mol. The van der Waals surface area contributed by atoms with Crippen LogP contribution in [0, 0.1) is 5.82 Å². The summed E-state index contributed by atoms with van der Waals surface area (Å²) in [7, 11) is -4.07. The van der Waals surface area contributed by atoms with Gasteiger partial charge in [0.15, 0.2) is 0 Å². The molecule has 3 aromatic carbocycles. The van der Waals surface area contributed by atoms with Crippen LogP contribution < -0.4 is 15.4 Å². The van der Waals surface area contributed by atoms with E-state index in [1.807, 2.05) is 19.1 Å². The molecule has 3 N–H and O–H groups in total. The highest BCUT2D eigenvalue weighted by atomic mass is 35.5. The molecule has 4 aromatic rings. The molecule has 1 aromatic heterocycles. The number of rotatable bonds is 8. The van der Waals surface area contributed by atoms with Gasteiger partial charge in [0.2, 0.25) is 11.9 Å². The van der Waals surface area contributed by atoms with E-state index in [2.05, 4.69) is 20.3 Å². The molecule has 41 heavy (non-hydrogen) atoms. The summed E-state index contributed by atoms with van der Waals surface area (Å²) in [4.78, 5) is 20.5. The zero-order valence-electron chi connectivity index (χ0n) is 22.7. The zero-order chi connectivity index (χ0) is 29.1. The number of aromatic nitrogens is 2. The lowest BCUT2D eigenvalue weighted by molar-refractivity contribution is -0.119. The van der Waals surface area contributed by atoms with Crippen molar-refractivity contribution in [1.29, 1.82) is 0 Å². The number of anilines is 2. The standard InChI is InChI=1S/C30H31ClFN5O3S/c1-3-19-14-21(20-8-13-27(26(32)16-20)37-41(39,40)28-7-5-4-6-25(28)31)15-22-17-33-30(36-29(19)22)35-24-11-9-23(10-12-24)34-18(2)38/h4-8,13-17,23-24,37H,3,9-12H2,1-2H3,(H,34,38)(H,33,35,36). The molecule has 1 saturated carbocycles. The smallest absolute Gasteiger partial charge is 0.263 e. The maximum absolute atomic E-state index is 15.1. The Hall–Kier alpha value is -3.76. The van der Waals surface area contributed by atoms with E-state index in [-0.39, 0.29) is 33.6 Å². The van der Waals surface area contributed by atoms with Crippen molar-refractivity contribution in [1.82, 2.24) is 15.3 Å². The quantitative estimate of drug-likeness (QED) is 0.220. The number of amides is 1. The van der Waals surface area contributed by atoms with Crippen LogP contribution in [-0.4, -0.2) is 36.4 Å². The molecule has 0 unspecified atom stereocenters. The number of aryl methyl sites for hydroxylation is 1. The molecule has 0 bridgehead atoms. The van der Waals surface area contributed by atoms with Gasteiger partial charge in [-0.15, -0.1) is 0 Å². The van der Waals surface area contributed by atoms with Crippen molar-refractivity contribution in [2.45, 2.75) is 62.9 Å². The summed E-state index contributed by atoms with van der Waals surface area (Å²) >= 11 is 6.04. The molecule has 1 heterocycles. The van der Waals surface area contributed by atoms with Crippen LogP contribution in [0.25, 0.3) is 22.0 Å². The van der Waals surface area contributed by atoms with E-state index in [1.165, 1.54) is 24.3 Å².